The number of guanidine groups is 1. The number of likely N-dealkylation sites (tertiary alicyclic amines) is 1. The number of aliphatic carboxylic acids is 1. The zero-order chi connectivity index (χ0) is 33.4. The van der Waals surface area contributed by atoms with Crippen LogP contribution in [0.25, 0.3) is 0 Å². The number of aliphatic hydroxyl groups excluding tert-OH is 1. The van der Waals surface area contributed by atoms with Crippen molar-refractivity contribution in [3.63, 3.8) is 0 Å². The molecule has 0 radical (unpaired) electrons. The molecule has 1 heterocycles. The first-order valence-electron chi connectivity index (χ1n) is 18.7. The molecule has 6 aliphatic rings. The Labute approximate surface area is 281 Å². The number of ether oxygens (including phenoxy) is 1. The fourth-order valence-electron chi connectivity index (χ4n) is 12.0. The van der Waals surface area contributed by atoms with Gasteiger partial charge in [0.05, 0.1) is 38.4 Å². The molecule has 1 aliphatic heterocycles. The summed E-state index contributed by atoms with van der Waals surface area (Å²) in [6.45, 7) is 7.45. The van der Waals surface area contributed by atoms with Crippen LogP contribution in [0.15, 0.2) is 40.4 Å². The van der Waals surface area contributed by atoms with Gasteiger partial charge in [-0.1, -0.05) is 63.0 Å². The molecule has 47 heavy (non-hydrogen) atoms. The molecule has 5 aliphatic carbocycles. The average Bonchev–Trinajstić information content (AvgIpc) is 3.41. The van der Waals surface area contributed by atoms with Crippen molar-refractivity contribution in [3.8, 4) is 0 Å². The minimum atomic E-state index is -1.63. The summed E-state index contributed by atoms with van der Waals surface area (Å²) in [4.78, 5) is 18.8. The Kier molecular flexibility index (Phi) is 10.4. The zero-order valence-corrected chi connectivity index (χ0v) is 29.0. The first-order chi connectivity index (χ1) is 22.7. The Morgan fingerprint density at radius 1 is 1.19 bits per heavy atom. The van der Waals surface area contributed by atoms with Crippen LogP contribution in [0.5, 0.6) is 0 Å². The Bertz CT molecular complexity index is 1280. The fourth-order valence-corrected chi connectivity index (χ4v) is 12.0. The molecule has 9 nitrogen and oxygen atoms in total. The van der Waals surface area contributed by atoms with Gasteiger partial charge in [-0.05, 0) is 81.1 Å². The molecular weight excluding hydrogens is 592 g/mol. The first-order valence-corrected chi connectivity index (χ1v) is 18.7. The number of aliphatic hydroxyl groups is 2. The molecule has 1 saturated heterocycles. The van der Waals surface area contributed by atoms with Gasteiger partial charge in [0.15, 0.2) is 0 Å². The van der Waals surface area contributed by atoms with Crippen LogP contribution in [-0.4, -0.2) is 80.3 Å². The van der Waals surface area contributed by atoms with Gasteiger partial charge in [0.1, 0.15) is 5.60 Å². The van der Waals surface area contributed by atoms with Crippen LogP contribution in [0.2, 0.25) is 0 Å². The van der Waals surface area contributed by atoms with E-state index in [2.05, 4.69) is 48.5 Å². The van der Waals surface area contributed by atoms with E-state index in [-0.39, 0.29) is 54.0 Å². The number of unbranched alkanes of at least 4 members (excludes halogenated alkanes) is 2. The molecule has 262 valence electrons. The fraction of sp³-hybridized carbons (Fsp3) is 0.789. The lowest BCUT2D eigenvalue weighted by molar-refractivity contribution is -0.828. The summed E-state index contributed by atoms with van der Waals surface area (Å²) in [7, 11) is 1.74. The molecule has 9 heteroatoms. The minimum Gasteiger partial charge on any atom is -0.545 e. The zero-order valence-electron chi connectivity index (χ0n) is 29.0. The van der Waals surface area contributed by atoms with Gasteiger partial charge < -0.3 is 35.9 Å². The van der Waals surface area contributed by atoms with E-state index < -0.39 is 17.0 Å². The van der Waals surface area contributed by atoms with Crippen LogP contribution in [-0.2, 0) is 9.53 Å². The summed E-state index contributed by atoms with van der Waals surface area (Å²) in [6, 6.07) is 0. The number of piperidine rings is 1. The van der Waals surface area contributed by atoms with E-state index in [1.54, 1.807) is 7.05 Å². The van der Waals surface area contributed by atoms with E-state index >= 15 is 0 Å². The van der Waals surface area contributed by atoms with Crippen LogP contribution < -0.4 is 21.1 Å². The standard InChI is InChI=1S/C38H60N4O5/c1-4-5-6-10-27-14-13-26-9-7-8-11-30(26)33(27)47-24-36(46)22-37-25(2)12-15-28(20-31(37)32(36)34(44)45)38(37)23-42(35(39)40-3)18-16-29(38)21-41-17-19-43/h7-9,11,25-30,33,41,43,46H,4-6,10,12-24H2,1-3H3,(H2,39,40)(H,44,45)/t25-,26+,27+,28-,29-,30+,33-,36-,37+,38-/m1/s1. The average molecular weight is 653 g/mol. The summed E-state index contributed by atoms with van der Waals surface area (Å²) >= 11 is 0. The Morgan fingerprint density at radius 3 is 2.74 bits per heavy atom. The first kappa shape index (κ1) is 34.8. The van der Waals surface area contributed by atoms with E-state index in [9.17, 15) is 20.1 Å². The lowest BCUT2D eigenvalue weighted by Gasteiger charge is -2.60. The number of quaternary nitrogens is 1. The summed E-state index contributed by atoms with van der Waals surface area (Å²) in [5.41, 5.74) is 5.14. The van der Waals surface area contributed by atoms with Crippen LogP contribution in [0.3, 0.4) is 0 Å². The molecule has 0 aromatic carbocycles. The second-order valence-electron chi connectivity index (χ2n) is 15.9. The maximum Gasteiger partial charge on any atom is 0.293 e. The normalized spacial score (nSPS) is 42.6. The van der Waals surface area contributed by atoms with Crippen LogP contribution >= 0.6 is 0 Å². The Hall–Kier alpha value is -2.04. The van der Waals surface area contributed by atoms with Crippen molar-refractivity contribution >= 4 is 11.9 Å². The number of carbonyl (C=O) groups is 1. The third-order valence-electron chi connectivity index (χ3n) is 13.9. The van der Waals surface area contributed by atoms with Crippen molar-refractivity contribution in [1.29, 1.82) is 0 Å². The van der Waals surface area contributed by atoms with Crippen molar-refractivity contribution in [3.05, 3.63) is 35.5 Å². The highest BCUT2D eigenvalue weighted by atomic mass is 16.5. The summed E-state index contributed by atoms with van der Waals surface area (Å²) in [5, 5.41) is 39.1. The second-order valence-corrected chi connectivity index (χ2v) is 15.9. The number of aliphatic imine (C=N–C) groups is 1. The molecule has 1 unspecified atom stereocenters. The smallest absolute Gasteiger partial charge is 0.293 e. The third-order valence-corrected chi connectivity index (χ3v) is 13.9. The van der Waals surface area contributed by atoms with E-state index in [4.69, 9.17) is 10.5 Å². The molecular formula is C38H60N4O5. The van der Waals surface area contributed by atoms with E-state index in [1.165, 1.54) is 12.8 Å². The lowest BCUT2D eigenvalue weighted by atomic mass is 9.45. The highest BCUT2D eigenvalue weighted by Crippen LogP contribution is 2.76. The number of carboxylic acids is 1. The van der Waals surface area contributed by atoms with Gasteiger partial charge in [-0.3, -0.25) is 4.90 Å². The maximum absolute atomic E-state index is 13.3. The molecule has 0 aromatic heterocycles. The monoisotopic (exact) mass is 652 g/mol. The number of hydrogen-bond acceptors (Lipinski definition) is 7. The van der Waals surface area contributed by atoms with Crippen LogP contribution in [0.1, 0.15) is 84.5 Å². The number of carbonyl (C=O) groups excluding carboxylic acids is 1. The van der Waals surface area contributed by atoms with Gasteiger partial charge in [0.25, 0.3) is 5.96 Å². The molecule has 0 aromatic rings. The van der Waals surface area contributed by atoms with Crippen LogP contribution in [0, 0.1) is 46.3 Å². The van der Waals surface area contributed by atoms with E-state index in [1.807, 2.05) is 0 Å². The Morgan fingerprint density at radius 2 is 2.00 bits per heavy atom. The molecule has 4 fully saturated rings. The van der Waals surface area contributed by atoms with Gasteiger partial charge >= 0.3 is 0 Å². The highest BCUT2D eigenvalue weighted by molar-refractivity contribution is 5.90. The number of allylic oxidation sites excluding steroid dienone is 4. The molecule has 11 atom stereocenters. The van der Waals surface area contributed by atoms with E-state index in [0.29, 0.717) is 37.2 Å². The SMILES string of the molecule is CCCCC[C@H]1CC[C@@H]2C=CC=C[C@@H]2[C@@H]1OC[C@]1(O)C[C@@]23C(=C1C(=O)[O-])C[C@@H](CC[C@H]2C)[C@@]31C[NH+](C(N)=NC)CC[C@@H]1CNCCO. The predicted octanol–water partition coefficient (Wildman–Crippen LogP) is 1.76. The molecule has 6 rings (SSSR count). The summed E-state index contributed by atoms with van der Waals surface area (Å²) in [5.74, 6) is 1.11. The number of carboxylic acid groups (broad SMARTS) is 1. The molecule has 3 saturated carbocycles. The molecule has 2 spiro atoms. The number of nitrogens with one attached hydrogen (secondary N) is 2. The van der Waals surface area contributed by atoms with Crippen molar-refractivity contribution < 1.29 is 29.8 Å². The van der Waals surface area contributed by atoms with Gasteiger partial charge in [0.2, 0.25) is 0 Å². The number of rotatable bonds is 12. The minimum absolute atomic E-state index is 0.0205. The Balaban J connectivity index is 1.37. The summed E-state index contributed by atoms with van der Waals surface area (Å²) in [6.07, 6.45) is 19.6. The van der Waals surface area contributed by atoms with Gasteiger partial charge in [-0.2, -0.15) is 0 Å². The number of fused-ring (bicyclic) bond motifs is 1. The largest absolute Gasteiger partial charge is 0.545 e. The molecule has 6 N–H and O–H groups in total. The van der Waals surface area contributed by atoms with Crippen molar-refractivity contribution in [2.45, 2.75) is 96.2 Å². The van der Waals surface area contributed by atoms with Crippen LogP contribution in [0.4, 0.5) is 0 Å². The topological polar surface area (TPSA) is 145 Å². The van der Waals surface area contributed by atoms with E-state index in [0.717, 1.165) is 75.1 Å². The number of nitrogens with two attached hydrogens (primary N) is 1. The lowest BCUT2D eigenvalue weighted by Crippen LogP contribution is -3.19. The summed E-state index contributed by atoms with van der Waals surface area (Å²) < 4.78 is 6.91. The van der Waals surface area contributed by atoms with Crippen molar-refractivity contribution in [2.24, 2.45) is 57.1 Å². The van der Waals surface area contributed by atoms with Gasteiger partial charge in [-0.15, -0.1) is 0 Å². The van der Waals surface area contributed by atoms with Gasteiger partial charge in [0, 0.05) is 42.3 Å². The van der Waals surface area contributed by atoms with Crippen molar-refractivity contribution in [2.75, 3.05) is 46.4 Å². The predicted molar refractivity (Wildman–Crippen MR) is 181 cm³/mol. The van der Waals surface area contributed by atoms with Crippen molar-refractivity contribution in [1.82, 2.24) is 5.32 Å². The second kappa shape index (κ2) is 14.1. The maximum atomic E-state index is 13.3. The molecule has 2 bridgehead atoms. The number of hydrogen-bond donors (Lipinski definition) is 5. The third kappa shape index (κ3) is 5.76. The quantitative estimate of drug-likeness (QED) is 0.123. The highest BCUT2D eigenvalue weighted by Gasteiger charge is 2.75. The molecule has 0 amide bonds. The van der Waals surface area contributed by atoms with Gasteiger partial charge in [-0.25, -0.2) is 4.99 Å². The number of nitrogens with zero attached hydrogens (tertiary/aromatic N) is 1.